The van der Waals surface area contributed by atoms with Crippen molar-refractivity contribution in [2.75, 3.05) is 19.9 Å². The minimum atomic E-state index is -0.900. The van der Waals surface area contributed by atoms with Crippen molar-refractivity contribution in [2.24, 2.45) is 17.3 Å². The first kappa shape index (κ1) is 24.1. The van der Waals surface area contributed by atoms with E-state index in [-0.39, 0.29) is 44.1 Å². The van der Waals surface area contributed by atoms with E-state index in [9.17, 15) is 14.4 Å². The Labute approximate surface area is 200 Å². The largest absolute Gasteiger partial charge is 0.465 e. The van der Waals surface area contributed by atoms with Crippen LogP contribution >= 0.6 is 0 Å². The molecule has 8 heteroatoms. The average Bonchev–Trinajstić information content (AvgIpc) is 3.43. The van der Waals surface area contributed by atoms with Crippen molar-refractivity contribution in [3.63, 3.8) is 0 Å². The van der Waals surface area contributed by atoms with E-state index < -0.39 is 11.3 Å². The van der Waals surface area contributed by atoms with Crippen LogP contribution in [0.3, 0.4) is 0 Å². The van der Waals surface area contributed by atoms with Gasteiger partial charge in [-0.25, -0.2) is 0 Å². The van der Waals surface area contributed by atoms with Gasteiger partial charge in [-0.15, -0.1) is 0 Å². The molecule has 2 aliphatic heterocycles. The van der Waals surface area contributed by atoms with Gasteiger partial charge in [-0.1, -0.05) is 26.0 Å². The Hall–Kier alpha value is -3.03. The number of amides is 2. The lowest BCUT2D eigenvalue weighted by Crippen LogP contribution is -2.52. The summed E-state index contributed by atoms with van der Waals surface area (Å²) in [5.74, 6) is 0.592. The molecular weight excluding hydrogens is 436 g/mol. The molecule has 0 unspecified atom stereocenters. The third-order valence-electron chi connectivity index (χ3n) is 6.82. The molecule has 8 nitrogen and oxygen atoms in total. The van der Waals surface area contributed by atoms with Crippen molar-refractivity contribution in [2.45, 2.75) is 59.4 Å². The van der Waals surface area contributed by atoms with Gasteiger partial charge in [-0.2, -0.15) is 0 Å². The van der Waals surface area contributed by atoms with Gasteiger partial charge in [0.25, 0.3) is 0 Å². The van der Waals surface area contributed by atoms with E-state index in [4.69, 9.17) is 14.2 Å². The molecule has 1 N–H and O–H groups in total. The van der Waals surface area contributed by atoms with E-state index in [1.807, 2.05) is 24.3 Å². The van der Waals surface area contributed by atoms with Gasteiger partial charge in [0.1, 0.15) is 5.41 Å². The Morgan fingerprint density at radius 3 is 2.82 bits per heavy atom. The van der Waals surface area contributed by atoms with Crippen molar-refractivity contribution in [3.05, 3.63) is 35.5 Å². The number of likely N-dealkylation sites (tertiary alicyclic amines) is 1. The van der Waals surface area contributed by atoms with E-state index >= 15 is 0 Å². The average molecular weight is 471 g/mol. The van der Waals surface area contributed by atoms with Crippen LogP contribution in [0.15, 0.2) is 30.0 Å². The summed E-state index contributed by atoms with van der Waals surface area (Å²) in [7, 11) is 0. The molecular formula is C26H34N2O6. The molecule has 0 bridgehead atoms. The van der Waals surface area contributed by atoms with E-state index in [2.05, 4.69) is 19.2 Å². The molecule has 1 saturated heterocycles. The van der Waals surface area contributed by atoms with Crippen LogP contribution in [0, 0.1) is 17.3 Å². The van der Waals surface area contributed by atoms with Crippen LogP contribution in [-0.4, -0.2) is 42.6 Å². The number of piperidine rings is 1. The van der Waals surface area contributed by atoms with E-state index in [0.29, 0.717) is 48.9 Å². The topological polar surface area (TPSA) is 94.2 Å². The number of nitrogens with one attached hydrogen (secondary N) is 1. The fraction of sp³-hybridized carbons (Fsp3) is 0.577. The summed E-state index contributed by atoms with van der Waals surface area (Å²) in [5.41, 5.74) is 0.665. The molecule has 0 spiro atoms. The van der Waals surface area contributed by atoms with Crippen LogP contribution in [0.1, 0.15) is 58.4 Å². The zero-order valence-corrected chi connectivity index (χ0v) is 20.2. The molecule has 1 aromatic rings. The predicted octanol–water partition coefficient (Wildman–Crippen LogP) is 3.54. The van der Waals surface area contributed by atoms with Gasteiger partial charge in [-0.05, 0) is 56.2 Å². The van der Waals surface area contributed by atoms with Crippen LogP contribution in [0.2, 0.25) is 0 Å². The SMILES string of the molecule is CCOC(=O)[C@]12CCC=C1N(Cc1ccc3c(c1)OCO3)C(=O)[C@H](CC(=O)NCCC(C)C)C2. The fourth-order valence-electron chi connectivity index (χ4n) is 5.10. The lowest BCUT2D eigenvalue weighted by atomic mass is 9.71. The summed E-state index contributed by atoms with van der Waals surface area (Å²) < 4.78 is 16.4. The van der Waals surface area contributed by atoms with Gasteiger partial charge in [0.05, 0.1) is 13.2 Å². The molecule has 34 heavy (non-hydrogen) atoms. The lowest BCUT2D eigenvalue weighted by Gasteiger charge is -2.44. The lowest BCUT2D eigenvalue weighted by molar-refractivity contribution is -0.161. The first-order valence-corrected chi connectivity index (χ1v) is 12.2. The summed E-state index contributed by atoms with van der Waals surface area (Å²) in [4.78, 5) is 41.2. The molecule has 0 aromatic heterocycles. The third kappa shape index (κ3) is 4.76. The van der Waals surface area contributed by atoms with Crippen LogP contribution in [-0.2, 0) is 25.7 Å². The minimum absolute atomic E-state index is 0.0585. The van der Waals surface area contributed by atoms with Gasteiger partial charge in [0, 0.05) is 24.6 Å². The Balaban J connectivity index is 1.58. The van der Waals surface area contributed by atoms with Crippen LogP contribution in [0.5, 0.6) is 11.5 Å². The van der Waals surface area contributed by atoms with Crippen molar-refractivity contribution in [3.8, 4) is 11.5 Å². The highest BCUT2D eigenvalue weighted by molar-refractivity contribution is 5.92. The number of carbonyl (C=O) groups excluding carboxylic acids is 3. The summed E-state index contributed by atoms with van der Waals surface area (Å²) in [6, 6.07) is 5.58. The van der Waals surface area contributed by atoms with Gasteiger partial charge >= 0.3 is 5.97 Å². The Morgan fingerprint density at radius 2 is 2.06 bits per heavy atom. The number of esters is 1. The Kier molecular flexibility index (Phi) is 7.14. The summed E-state index contributed by atoms with van der Waals surface area (Å²) >= 11 is 0. The highest BCUT2D eigenvalue weighted by Gasteiger charge is 2.55. The predicted molar refractivity (Wildman–Crippen MR) is 125 cm³/mol. The van der Waals surface area contributed by atoms with Crippen molar-refractivity contribution >= 4 is 17.8 Å². The quantitative estimate of drug-likeness (QED) is 0.555. The molecule has 1 fully saturated rings. The fourth-order valence-corrected chi connectivity index (χ4v) is 5.10. The number of rotatable bonds is 9. The number of allylic oxidation sites excluding steroid dienone is 1. The monoisotopic (exact) mass is 470 g/mol. The number of hydrogen-bond acceptors (Lipinski definition) is 6. The molecule has 184 valence electrons. The third-order valence-corrected chi connectivity index (χ3v) is 6.82. The summed E-state index contributed by atoms with van der Waals surface area (Å²) in [5, 5.41) is 2.93. The number of ether oxygens (including phenoxy) is 3. The second kappa shape index (κ2) is 10.1. The zero-order chi connectivity index (χ0) is 24.3. The van der Waals surface area contributed by atoms with Crippen LogP contribution in [0.25, 0.3) is 0 Å². The second-order valence-electron chi connectivity index (χ2n) is 9.68. The maximum atomic E-state index is 13.6. The number of benzene rings is 1. The molecule has 1 aliphatic carbocycles. The minimum Gasteiger partial charge on any atom is -0.465 e. The summed E-state index contributed by atoms with van der Waals surface area (Å²) in [6.45, 7) is 7.28. The highest BCUT2D eigenvalue weighted by atomic mass is 16.7. The van der Waals surface area contributed by atoms with Gasteiger partial charge in [0.2, 0.25) is 18.6 Å². The van der Waals surface area contributed by atoms with E-state index in [1.165, 1.54) is 0 Å². The van der Waals surface area contributed by atoms with Crippen molar-refractivity contribution < 1.29 is 28.6 Å². The van der Waals surface area contributed by atoms with Crippen molar-refractivity contribution in [1.82, 2.24) is 10.2 Å². The molecule has 0 radical (unpaired) electrons. The van der Waals surface area contributed by atoms with Gasteiger partial charge in [0.15, 0.2) is 11.5 Å². The number of hydrogen-bond donors (Lipinski definition) is 1. The molecule has 0 saturated carbocycles. The van der Waals surface area contributed by atoms with Crippen molar-refractivity contribution in [1.29, 1.82) is 0 Å². The Morgan fingerprint density at radius 1 is 1.26 bits per heavy atom. The Bertz CT molecular complexity index is 988. The molecule has 4 rings (SSSR count). The molecule has 2 heterocycles. The maximum absolute atomic E-state index is 13.6. The van der Waals surface area contributed by atoms with Gasteiger partial charge < -0.3 is 24.4 Å². The molecule has 2 atom stereocenters. The first-order valence-electron chi connectivity index (χ1n) is 12.2. The van der Waals surface area contributed by atoms with Crippen LogP contribution in [0.4, 0.5) is 0 Å². The normalized spacial score (nSPS) is 23.1. The zero-order valence-electron chi connectivity index (χ0n) is 20.2. The molecule has 3 aliphatic rings. The van der Waals surface area contributed by atoms with Gasteiger partial charge in [-0.3, -0.25) is 14.4 Å². The molecule has 2 amide bonds. The second-order valence-corrected chi connectivity index (χ2v) is 9.68. The highest BCUT2D eigenvalue weighted by Crippen LogP contribution is 2.51. The summed E-state index contributed by atoms with van der Waals surface area (Å²) in [6.07, 6.45) is 4.47. The standard InChI is InChI=1S/C26H34N2O6/c1-4-32-25(31)26-10-5-6-22(26)28(15-18-7-8-20-21(12-18)34-16-33-20)24(30)19(14-26)13-23(29)27-11-9-17(2)3/h6-8,12,17,19H,4-5,9-11,13-16H2,1-3H3,(H,27,29)/t19-,26+/m1/s1. The smallest absolute Gasteiger partial charge is 0.318 e. The maximum Gasteiger partial charge on any atom is 0.318 e. The number of fused-ring (bicyclic) bond motifs is 2. The first-order chi connectivity index (χ1) is 16.3. The van der Waals surface area contributed by atoms with E-state index in [0.717, 1.165) is 12.0 Å². The number of carbonyl (C=O) groups is 3. The van der Waals surface area contributed by atoms with E-state index in [1.54, 1.807) is 11.8 Å². The number of nitrogens with zero attached hydrogens (tertiary/aromatic N) is 1. The molecule has 1 aromatic carbocycles. The van der Waals surface area contributed by atoms with Crippen LogP contribution < -0.4 is 14.8 Å².